The van der Waals surface area contributed by atoms with Gasteiger partial charge < -0.3 is 4.98 Å². The van der Waals surface area contributed by atoms with Gasteiger partial charge in [-0.2, -0.15) is 0 Å². The number of benzene rings is 1. The van der Waals surface area contributed by atoms with Gasteiger partial charge in [0.15, 0.2) is 0 Å². The van der Waals surface area contributed by atoms with E-state index in [9.17, 15) is 0 Å². The minimum atomic E-state index is 1.02. The molecule has 0 spiro atoms. The molecule has 1 aromatic carbocycles. The number of H-pyrrole nitrogens is 1. The quantitative estimate of drug-likeness (QED) is 0.663. The summed E-state index contributed by atoms with van der Waals surface area (Å²) in [4.78, 5) is 3.33. The molecule has 2 rings (SSSR count). The molecular weight excluding hydrogens is 230 g/mol. The second-order valence-electron chi connectivity index (χ2n) is 5.42. The molecule has 1 aromatic heterocycles. The van der Waals surface area contributed by atoms with Crippen LogP contribution in [0.25, 0.3) is 10.9 Å². The Morgan fingerprint density at radius 3 is 2.79 bits per heavy atom. The molecule has 0 saturated heterocycles. The molecule has 0 fully saturated rings. The number of hydrogen-bond acceptors (Lipinski definition) is 0. The number of aromatic amines is 1. The smallest absolute Gasteiger partial charge is 0.0456 e. The molecule has 0 amide bonds. The summed E-state index contributed by atoms with van der Waals surface area (Å²) >= 11 is 0. The van der Waals surface area contributed by atoms with E-state index in [0.29, 0.717) is 0 Å². The van der Waals surface area contributed by atoms with Crippen LogP contribution in [0.3, 0.4) is 0 Å². The average Bonchev–Trinajstić information content (AvgIpc) is 2.79. The predicted molar refractivity (Wildman–Crippen MR) is 84.4 cm³/mol. The van der Waals surface area contributed by atoms with Crippen molar-refractivity contribution in [3.8, 4) is 0 Å². The van der Waals surface area contributed by atoms with E-state index >= 15 is 0 Å². The summed E-state index contributed by atoms with van der Waals surface area (Å²) in [5.74, 6) is 0. The number of fused-ring (bicyclic) bond motifs is 1. The number of allylic oxidation sites excluding steroid dienone is 3. The minimum absolute atomic E-state index is 1.02. The SMILES string of the molecule is C=C(C)CCC/C(C)=C/Cc1c[nH]c2ccccc12. The molecule has 100 valence electrons. The van der Waals surface area contributed by atoms with Crippen LogP contribution in [-0.2, 0) is 6.42 Å². The van der Waals surface area contributed by atoms with E-state index in [2.05, 4.69) is 61.9 Å². The zero-order valence-electron chi connectivity index (χ0n) is 12.0. The molecule has 0 aliphatic rings. The van der Waals surface area contributed by atoms with Crippen molar-refractivity contribution in [1.82, 2.24) is 4.98 Å². The molecule has 19 heavy (non-hydrogen) atoms. The van der Waals surface area contributed by atoms with E-state index in [4.69, 9.17) is 0 Å². The first-order valence-electron chi connectivity index (χ1n) is 7.02. The van der Waals surface area contributed by atoms with Gasteiger partial charge in [0.25, 0.3) is 0 Å². The van der Waals surface area contributed by atoms with Crippen LogP contribution in [0, 0.1) is 0 Å². The second kappa shape index (κ2) is 6.42. The fourth-order valence-corrected chi connectivity index (χ4v) is 2.36. The van der Waals surface area contributed by atoms with E-state index in [0.717, 1.165) is 12.8 Å². The lowest BCUT2D eigenvalue weighted by Gasteiger charge is -2.02. The summed E-state index contributed by atoms with van der Waals surface area (Å²) in [6.45, 7) is 8.28. The molecule has 2 aromatic rings. The Hall–Kier alpha value is -1.76. The van der Waals surface area contributed by atoms with Gasteiger partial charge in [0.2, 0.25) is 0 Å². The van der Waals surface area contributed by atoms with Gasteiger partial charge in [-0.25, -0.2) is 0 Å². The van der Waals surface area contributed by atoms with Gasteiger partial charge in [0.05, 0.1) is 0 Å². The summed E-state index contributed by atoms with van der Waals surface area (Å²) in [7, 11) is 0. The van der Waals surface area contributed by atoms with E-state index < -0.39 is 0 Å². The van der Waals surface area contributed by atoms with E-state index in [1.807, 2.05) is 0 Å². The molecule has 0 unspecified atom stereocenters. The average molecular weight is 253 g/mol. The lowest BCUT2D eigenvalue weighted by Crippen LogP contribution is -1.84. The highest BCUT2D eigenvalue weighted by Crippen LogP contribution is 2.19. The van der Waals surface area contributed by atoms with Gasteiger partial charge >= 0.3 is 0 Å². The normalized spacial score (nSPS) is 12.0. The Bertz CT molecular complexity index is 587. The highest BCUT2D eigenvalue weighted by molar-refractivity contribution is 5.83. The first-order chi connectivity index (χ1) is 9.16. The van der Waals surface area contributed by atoms with Crippen LogP contribution in [0.4, 0.5) is 0 Å². The maximum atomic E-state index is 3.95. The second-order valence-corrected chi connectivity index (χ2v) is 5.42. The molecule has 1 N–H and O–H groups in total. The van der Waals surface area contributed by atoms with E-state index in [1.165, 1.54) is 40.5 Å². The first kappa shape index (κ1) is 13.7. The molecule has 0 aliphatic carbocycles. The van der Waals surface area contributed by atoms with Crippen LogP contribution in [0.1, 0.15) is 38.7 Å². The van der Waals surface area contributed by atoms with Crippen molar-refractivity contribution in [2.45, 2.75) is 39.5 Å². The fraction of sp³-hybridized carbons (Fsp3) is 0.333. The molecule has 1 heteroatoms. The topological polar surface area (TPSA) is 15.8 Å². The Labute approximate surface area is 116 Å². The molecule has 0 aliphatic heterocycles. The van der Waals surface area contributed by atoms with Gasteiger partial charge in [-0.15, -0.1) is 6.58 Å². The monoisotopic (exact) mass is 253 g/mol. The summed E-state index contributed by atoms with van der Waals surface area (Å²) in [6.07, 6.45) is 9.03. The van der Waals surface area contributed by atoms with Crippen molar-refractivity contribution in [3.63, 3.8) is 0 Å². The maximum absolute atomic E-state index is 3.95. The largest absolute Gasteiger partial charge is 0.361 e. The van der Waals surface area contributed by atoms with Gasteiger partial charge in [-0.1, -0.05) is 35.4 Å². The highest BCUT2D eigenvalue weighted by Gasteiger charge is 2.01. The number of nitrogens with one attached hydrogen (secondary N) is 1. The Morgan fingerprint density at radius 2 is 2.00 bits per heavy atom. The lowest BCUT2D eigenvalue weighted by molar-refractivity contribution is 0.802. The fourth-order valence-electron chi connectivity index (χ4n) is 2.36. The third-order valence-electron chi connectivity index (χ3n) is 3.52. The Kier molecular flexibility index (Phi) is 4.62. The minimum Gasteiger partial charge on any atom is -0.361 e. The Morgan fingerprint density at radius 1 is 1.21 bits per heavy atom. The number of aromatic nitrogens is 1. The number of hydrogen-bond donors (Lipinski definition) is 1. The van der Waals surface area contributed by atoms with E-state index in [-0.39, 0.29) is 0 Å². The lowest BCUT2D eigenvalue weighted by atomic mass is 10.0. The molecule has 0 saturated carbocycles. The van der Waals surface area contributed by atoms with E-state index in [1.54, 1.807) is 0 Å². The summed E-state index contributed by atoms with van der Waals surface area (Å²) < 4.78 is 0. The summed E-state index contributed by atoms with van der Waals surface area (Å²) in [6, 6.07) is 8.48. The first-order valence-corrected chi connectivity index (χ1v) is 7.02. The zero-order valence-corrected chi connectivity index (χ0v) is 12.0. The molecule has 1 heterocycles. The highest BCUT2D eigenvalue weighted by atomic mass is 14.7. The molecule has 0 atom stereocenters. The predicted octanol–water partition coefficient (Wildman–Crippen LogP) is 5.40. The van der Waals surface area contributed by atoms with Crippen LogP contribution in [0.5, 0.6) is 0 Å². The van der Waals surface area contributed by atoms with Crippen molar-refractivity contribution < 1.29 is 0 Å². The van der Waals surface area contributed by atoms with Crippen LogP contribution in [0.15, 0.2) is 54.3 Å². The van der Waals surface area contributed by atoms with Crippen LogP contribution < -0.4 is 0 Å². The van der Waals surface area contributed by atoms with Crippen LogP contribution >= 0.6 is 0 Å². The summed E-state index contributed by atoms with van der Waals surface area (Å²) in [5.41, 5.74) is 5.37. The maximum Gasteiger partial charge on any atom is 0.0456 e. The van der Waals surface area contributed by atoms with Crippen molar-refractivity contribution in [3.05, 3.63) is 59.8 Å². The third kappa shape index (κ3) is 3.85. The standard InChI is InChI=1S/C18H23N/c1-14(2)7-6-8-15(3)11-12-16-13-19-18-10-5-4-9-17(16)18/h4-5,9-11,13,19H,1,6-8,12H2,2-3H3/b15-11+. The molecular formula is C18H23N. The zero-order chi connectivity index (χ0) is 13.7. The van der Waals surface area contributed by atoms with Crippen LogP contribution in [0.2, 0.25) is 0 Å². The van der Waals surface area contributed by atoms with Crippen molar-refractivity contribution in [2.75, 3.05) is 0 Å². The Balaban J connectivity index is 1.95. The van der Waals surface area contributed by atoms with Gasteiger partial charge in [-0.05, 0) is 51.2 Å². The van der Waals surface area contributed by atoms with Crippen molar-refractivity contribution in [2.24, 2.45) is 0 Å². The third-order valence-corrected chi connectivity index (χ3v) is 3.52. The molecule has 0 bridgehead atoms. The van der Waals surface area contributed by atoms with Gasteiger partial charge in [-0.3, -0.25) is 0 Å². The van der Waals surface area contributed by atoms with Crippen LogP contribution in [-0.4, -0.2) is 4.98 Å². The van der Waals surface area contributed by atoms with Gasteiger partial charge in [0.1, 0.15) is 0 Å². The van der Waals surface area contributed by atoms with Gasteiger partial charge in [0, 0.05) is 17.1 Å². The number of para-hydroxylation sites is 1. The summed E-state index contributed by atoms with van der Waals surface area (Å²) in [5, 5.41) is 1.34. The van der Waals surface area contributed by atoms with Crippen molar-refractivity contribution >= 4 is 10.9 Å². The van der Waals surface area contributed by atoms with Crippen molar-refractivity contribution in [1.29, 1.82) is 0 Å². The molecule has 1 nitrogen and oxygen atoms in total. The number of rotatable bonds is 6. The molecule has 0 radical (unpaired) electrons.